The highest BCUT2D eigenvalue weighted by atomic mass is 79.9. The minimum atomic E-state index is 0.517. The van der Waals surface area contributed by atoms with Crippen molar-refractivity contribution >= 4 is 55.6 Å². The minimum absolute atomic E-state index is 0.517. The largest absolute Gasteiger partial charge is 0.397 e. The van der Waals surface area contributed by atoms with Gasteiger partial charge in [-0.1, -0.05) is 27.5 Å². The number of benzene rings is 2. The lowest BCUT2D eigenvalue weighted by Crippen LogP contribution is -1.94. The van der Waals surface area contributed by atoms with Crippen LogP contribution >= 0.6 is 27.5 Å². The molecule has 0 aliphatic carbocycles. The van der Waals surface area contributed by atoms with Gasteiger partial charge in [0.05, 0.1) is 22.1 Å². The number of nitrogens with two attached hydrogens (primary N) is 1. The molecule has 0 unspecified atom stereocenters. The highest BCUT2D eigenvalue weighted by molar-refractivity contribution is 9.10. The predicted molar refractivity (Wildman–Crippen MR) is 78.7 cm³/mol. The summed E-state index contributed by atoms with van der Waals surface area (Å²) in [6, 6.07) is 9.10. The highest BCUT2D eigenvalue weighted by Crippen LogP contribution is 2.32. The Morgan fingerprint density at radius 3 is 2.63 bits per heavy atom. The van der Waals surface area contributed by atoms with Gasteiger partial charge in [-0.2, -0.15) is 0 Å². The quantitative estimate of drug-likeness (QED) is 0.691. The lowest BCUT2D eigenvalue weighted by atomic mass is 10.2. The summed E-state index contributed by atoms with van der Waals surface area (Å²) in [5, 5.41) is 11.4. The number of hydrogen-bond acceptors (Lipinski definition) is 5. The van der Waals surface area contributed by atoms with Crippen molar-refractivity contribution in [3.63, 3.8) is 0 Å². The lowest BCUT2D eigenvalue weighted by Gasteiger charge is -2.09. The molecule has 0 atom stereocenters. The molecule has 19 heavy (non-hydrogen) atoms. The molecule has 3 rings (SSSR count). The van der Waals surface area contributed by atoms with E-state index in [4.69, 9.17) is 22.0 Å². The molecule has 3 N–H and O–H groups in total. The van der Waals surface area contributed by atoms with Crippen LogP contribution in [0.5, 0.6) is 0 Å². The number of anilines is 3. The van der Waals surface area contributed by atoms with E-state index >= 15 is 0 Å². The number of rotatable bonds is 2. The standard InChI is InChI=1S/C12H8BrClN4O/c13-6-1-3-9(7(14)5-6)16-10-4-2-8(15)11-12(10)18-19-17-11/h1-5,16H,15H2. The van der Waals surface area contributed by atoms with Gasteiger partial charge >= 0.3 is 0 Å². The SMILES string of the molecule is Nc1ccc(Nc2ccc(Br)cc2Cl)c2nonc12. The second-order valence-electron chi connectivity index (χ2n) is 3.91. The molecule has 3 aromatic rings. The maximum absolute atomic E-state index is 6.16. The van der Waals surface area contributed by atoms with E-state index in [0.29, 0.717) is 21.7 Å². The van der Waals surface area contributed by atoms with E-state index in [-0.39, 0.29) is 0 Å². The van der Waals surface area contributed by atoms with Crippen LogP contribution in [0.2, 0.25) is 5.02 Å². The zero-order valence-electron chi connectivity index (χ0n) is 9.52. The molecule has 7 heteroatoms. The van der Waals surface area contributed by atoms with Crippen molar-refractivity contribution in [3.8, 4) is 0 Å². The fourth-order valence-electron chi connectivity index (χ4n) is 1.72. The lowest BCUT2D eigenvalue weighted by molar-refractivity contribution is 0.316. The number of halogens is 2. The average Bonchev–Trinajstić information content (AvgIpc) is 2.86. The molecular weight excluding hydrogens is 332 g/mol. The van der Waals surface area contributed by atoms with Gasteiger partial charge in [-0.25, -0.2) is 4.63 Å². The molecule has 0 fully saturated rings. The van der Waals surface area contributed by atoms with Crippen molar-refractivity contribution in [2.24, 2.45) is 0 Å². The van der Waals surface area contributed by atoms with Crippen LogP contribution in [0.25, 0.3) is 11.0 Å². The molecule has 0 saturated carbocycles. The first-order valence-electron chi connectivity index (χ1n) is 5.38. The molecule has 96 valence electrons. The van der Waals surface area contributed by atoms with Crippen molar-refractivity contribution in [2.45, 2.75) is 0 Å². The second-order valence-corrected chi connectivity index (χ2v) is 5.24. The molecule has 0 bridgehead atoms. The first-order valence-corrected chi connectivity index (χ1v) is 6.55. The van der Waals surface area contributed by atoms with Crippen molar-refractivity contribution in [2.75, 3.05) is 11.1 Å². The van der Waals surface area contributed by atoms with Gasteiger partial charge in [0.2, 0.25) is 0 Å². The van der Waals surface area contributed by atoms with Crippen LogP contribution in [0.3, 0.4) is 0 Å². The number of hydrogen-bond donors (Lipinski definition) is 2. The monoisotopic (exact) mass is 338 g/mol. The number of nitrogens with zero attached hydrogens (tertiary/aromatic N) is 2. The molecule has 0 radical (unpaired) electrons. The minimum Gasteiger partial charge on any atom is -0.397 e. The van der Waals surface area contributed by atoms with Crippen molar-refractivity contribution < 1.29 is 4.63 Å². The van der Waals surface area contributed by atoms with E-state index in [2.05, 4.69) is 31.6 Å². The summed E-state index contributed by atoms with van der Waals surface area (Å²) < 4.78 is 5.62. The zero-order chi connectivity index (χ0) is 13.4. The van der Waals surface area contributed by atoms with Crippen LogP contribution < -0.4 is 11.1 Å². The van der Waals surface area contributed by atoms with Crippen LogP contribution in [-0.2, 0) is 0 Å². The van der Waals surface area contributed by atoms with E-state index in [9.17, 15) is 0 Å². The molecule has 1 heterocycles. The number of aromatic nitrogens is 2. The maximum atomic E-state index is 6.16. The van der Waals surface area contributed by atoms with E-state index < -0.39 is 0 Å². The molecule has 2 aromatic carbocycles. The Hall–Kier alpha value is -1.79. The topological polar surface area (TPSA) is 77.0 Å². The molecule has 0 spiro atoms. The third-order valence-electron chi connectivity index (χ3n) is 2.65. The Bertz CT molecular complexity index is 759. The molecule has 1 aromatic heterocycles. The van der Waals surface area contributed by atoms with Gasteiger partial charge in [-0.05, 0) is 40.6 Å². The maximum Gasteiger partial charge on any atom is 0.160 e. The van der Waals surface area contributed by atoms with E-state index in [1.54, 1.807) is 18.2 Å². The Morgan fingerprint density at radius 2 is 1.84 bits per heavy atom. The van der Waals surface area contributed by atoms with E-state index in [1.165, 1.54) is 0 Å². The summed E-state index contributed by atoms with van der Waals surface area (Å²) in [6.07, 6.45) is 0. The summed E-state index contributed by atoms with van der Waals surface area (Å²) in [6.45, 7) is 0. The van der Waals surface area contributed by atoms with Crippen molar-refractivity contribution in [1.82, 2.24) is 10.3 Å². The summed E-state index contributed by atoms with van der Waals surface area (Å²) in [4.78, 5) is 0. The fraction of sp³-hybridized carbons (Fsp3) is 0. The summed E-state index contributed by atoms with van der Waals surface area (Å²) >= 11 is 9.52. The van der Waals surface area contributed by atoms with Gasteiger partial charge in [0, 0.05) is 4.47 Å². The molecule has 5 nitrogen and oxygen atoms in total. The average molecular weight is 340 g/mol. The van der Waals surface area contributed by atoms with Crippen molar-refractivity contribution in [3.05, 3.63) is 39.8 Å². The fourth-order valence-corrected chi connectivity index (χ4v) is 2.44. The molecule has 0 saturated heterocycles. The smallest absolute Gasteiger partial charge is 0.160 e. The molecule has 0 aliphatic rings. The van der Waals surface area contributed by atoms with Crippen molar-refractivity contribution in [1.29, 1.82) is 0 Å². The summed E-state index contributed by atoms with van der Waals surface area (Å²) in [5.74, 6) is 0. The van der Waals surface area contributed by atoms with E-state index in [0.717, 1.165) is 15.8 Å². The molecule has 0 amide bonds. The second kappa shape index (κ2) is 4.71. The number of nitrogens with one attached hydrogen (secondary N) is 1. The zero-order valence-corrected chi connectivity index (χ0v) is 11.9. The highest BCUT2D eigenvalue weighted by Gasteiger charge is 2.11. The van der Waals surface area contributed by atoms with Gasteiger partial charge in [-0.15, -0.1) is 0 Å². The first kappa shape index (κ1) is 12.3. The Labute approximate surface area is 121 Å². The Morgan fingerprint density at radius 1 is 1.11 bits per heavy atom. The first-order chi connectivity index (χ1) is 9.15. The number of fused-ring (bicyclic) bond motifs is 1. The number of nitrogen functional groups attached to an aromatic ring is 1. The van der Waals surface area contributed by atoms with Gasteiger partial charge in [0.25, 0.3) is 0 Å². The predicted octanol–water partition coefficient (Wildman–Crippen LogP) is 3.96. The van der Waals surface area contributed by atoms with Crippen LogP contribution in [0.15, 0.2) is 39.4 Å². The van der Waals surface area contributed by atoms with Gasteiger partial charge < -0.3 is 11.1 Å². The normalized spacial score (nSPS) is 10.8. The Kier molecular flexibility index (Phi) is 3.04. The molecular formula is C12H8BrClN4O. The van der Waals surface area contributed by atoms with Crippen LogP contribution in [0.1, 0.15) is 0 Å². The van der Waals surface area contributed by atoms with Gasteiger partial charge in [-0.3, -0.25) is 0 Å². The van der Waals surface area contributed by atoms with Crippen LogP contribution in [-0.4, -0.2) is 10.3 Å². The summed E-state index contributed by atoms with van der Waals surface area (Å²) in [7, 11) is 0. The van der Waals surface area contributed by atoms with Gasteiger partial charge in [0.15, 0.2) is 11.0 Å². The molecule has 0 aliphatic heterocycles. The van der Waals surface area contributed by atoms with Gasteiger partial charge in [0.1, 0.15) is 0 Å². The van der Waals surface area contributed by atoms with Crippen LogP contribution in [0.4, 0.5) is 17.1 Å². The van der Waals surface area contributed by atoms with Crippen LogP contribution in [0, 0.1) is 0 Å². The van der Waals surface area contributed by atoms with E-state index in [1.807, 2.05) is 12.1 Å². The third-order valence-corrected chi connectivity index (χ3v) is 3.45. The third kappa shape index (κ3) is 2.24. The Balaban J connectivity index is 2.06. The summed E-state index contributed by atoms with van der Waals surface area (Å²) in [5.41, 5.74) is 8.90.